The van der Waals surface area contributed by atoms with Crippen molar-refractivity contribution in [2.75, 3.05) is 34.4 Å². The zero-order chi connectivity index (χ0) is 21.8. The third-order valence-corrected chi connectivity index (χ3v) is 5.76. The van der Waals surface area contributed by atoms with Gasteiger partial charge in [0.15, 0.2) is 11.5 Å². The zero-order valence-corrected chi connectivity index (χ0v) is 18.4. The fraction of sp³-hybridized carbons (Fsp3) is 0.458. The van der Waals surface area contributed by atoms with E-state index in [9.17, 15) is 9.90 Å². The molecule has 0 saturated carbocycles. The number of benzene rings is 2. The van der Waals surface area contributed by atoms with Crippen LogP contribution in [0.3, 0.4) is 0 Å². The van der Waals surface area contributed by atoms with Gasteiger partial charge in [-0.2, -0.15) is 0 Å². The molecule has 1 aliphatic rings. The van der Waals surface area contributed by atoms with Gasteiger partial charge in [-0.15, -0.1) is 0 Å². The van der Waals surface area contributed by atoms with Gasteiger partial charge in [0.1, 0.15) is 0 Å². The normalized spacial score (nSPS) is 18.0. The lowest BCUT2D eigenvalue weighted by Crippen LogP contribution is -2.41. The topological polar surface area (TPSA) is 68.2 Å². The second-order valence-corrected chi connectivity index (χ2v) is 7.92. The number of hydrogen-bond donors (Lipinski definition) is 1. The lowest BCUT2D eigenvalue weighted by Gasteiger charge is -2.38. The number of carboxylic acids is 1. The molecular weight excluding hydrogens is 382 g/mol. The summed E-state index contributed by atoms with van der Waals surface area (Å²) in [5, 5.41) is 9.63. The molecule has 3 rings (SSSR count). The van der Waals surface area contributed by atoms with E-state index in [-0.39, 0.29) is 12.0 Å². The van der Waals surface area contributed by atoms with Crippen LogP contribution in [-0.2, 0) is 4.79 Å². The summed E-state index contributed by atoms with van der Waals surface area (Å²) in [6, 6.07) is 10.2. The minimum absolute atomic E-state index is 0.152. The van der Waals surface area contributed by atoms with Crippen molar-refractivity contribution in [3.8, 4) is 17.2 Å². The predicted octanol–water partition coefficient (Wildman–Crippen LogP) is 4.22. The van der Waals surface area contributed by atoms with Crippen molar-refractivity contribution in [1.29, 1.82) is 0 Å². The van der Waals surface area contributed by atoms with Gasteiger partial charge >= 0.3 is 5.97 Å². The van der Waals surface area contributed by atoms with Gasteiger partial charge in [0.2, 0.25) is 5.75 Å². The van der Waals surface area contributed by atoms with E-state index in [4.69, 9.17) is 14.2 Å². The van der Waals surface area contributed by atoms with Crippen LogP contribution in [-0.4, -0.2) is 50.4 Å². The maximum Gasteiger partial charge on any atom is 0.307 e. The van der Waals surface area contributed by atoms with Crippen molar-refractivity contribution in [1.82, 2.24) is 4.90 Å². The molecule has 1 fully saturated rings. The summed E-state index contributed by atoms with van der Waals surface area (Å²) in [7, 11) is 4.81. The summed E-state index contributed by atoms with van der Waals surface area (Å²) >= 11 is 0. The Kier molecular flexibility index (Phi) is 6.87. The highest BCUT2D eigenvalue weighted by Gasteiger charge is 2.34. The smallest absolute Gasteiger partial charge is 0.307 e. The van der Waals surface area contributed by atoms with Crippen LogP contribution in [0.5, 0.6) is 17.2 Å². The Balaban J connectivity index is 2.18. The second kappa shape index (κ2) is 9.39. The van der Waals surface area contributed by atoms with E-state index >= 15 is 0 Å². The van der Waals surface area contributed by atoms with Crippen LogP contribution < -0.4 is 14.2 Å². The number of rotatable bonds is 7. The number of likely N-dealkylation sites (tertiary alicyclic amines) is 1. The standard InChI is InChI=1S/C24H31NO5/c1-15-11-16(2)13-18(12-15)21(25-10-6-7-17(14-25)24(26)27)19-8-9-20(28-3)23(30-5)22(19)29-4/h8-9,11-13,17,21H,6-7,10,14H2,1-5H3,(H,26,27). The van der Waals surface area contributed by atoms with Crippen molar-refractivity contribution in [3.05, 3.63) is 52.6 Å². The molecule has 30 heavy (non-hydrogen) atoms. The number of nitrogens with zero attached hydrogens (tertiary/aromatic N) is 1. The highest BCUT2D eigenvalue weighted by Crippen LogP contribution is 2.46. The van der Waals surface area contributed by atoms with Crippen molar-refractivity contribution >= 4 is 5.97 Å². The fourth-order valence-corrected chi connectivity index (χ4v) is 4.54. The highest BCUT2D eigenvalue weighted by molar-refractivity contribution is 5.70. The van der Waals surface area contributed by atoms with Gasteiger partial charge in [-0.25, -0.2) is 0 Å². The van der Waals surface area contributed by atoms with Gasteiger partial charge in [-0.1, -0.05) is 29.3 Å². The molecular formula is C24H31NO5. The first kappa shape index (κ1) is 22.0. The summed E-state index contributed by atoms with van der Waals surface area (Å²) in [6.07, 6.45) is 1.54. The molecule has 2 unspecified atom stereocenters. The number of ether oxygens (including phenoxy) is 3. The molecule has 0 radical (unpaired) electrons. The van der Waals surface area contributed by atoms with Crippen LogP contribution in [0.1, 0.15) is 41.1 Å². The summed E-state index contributed by atoms with van der Waals surface area (Å²) in [5.74, 6) is 0.632. The molecule has 2 aromatic carbocycles. The summed E-state index contributed by atoms with van der Waals surface area (Å²) in [5.41, 5.74) is 4.39. The Morgan fingerprint density at radius 3 is 2.27 bits per heavy atom. The first-order valence-electron chi connectivity index (χ1n) is 10.2. The SMILES string of the molecule is COc1ccc(C(c2cc(C)cc(C)c2)N2CCCC(C(=O)O)C2)c(OC)c1OC. The Bertz CT molecular complexity index is 890. The molecule has 6 nitrogen and oxygen atoms in total. The van der Waals surface area contributed by atoms with Crippen molar-refractivity contribution in [3.63, 3.8) is 0 Å². The maximum absolute atomic E-state index is 11.7. The number of aliphatic carboxylic acids is 1. The van der Waals surface area contributed by atoms with Crippen LogP contribution in [0.25, 0.3) is 0 Å². The van der Waals surface area contributed by atoms with Crippen LogP contribution in [0.4, 0.5) is 0 Å². The molecule has 2 atom stereocenters. The largest absolute Gasteiger partial charge is 0.493 e. The van der Waals surface area contributed by atoms with Gasteiger partial charge in [0, 0.05) is 12.1 Å². The quantitative estimate of drug-likeness (QED) is 0.733. The predicted molar refractivity (Wildman–Crippen MR) is 116 cm³/mol. The number of hydrogen-bond acceptors (Lipinski definition) is 5. The number of piperidine rings is 1. The molecule has 6 heteroatoms. The van der Waals surface area contributed by atoms with Crippen molar-refractivity contribution in [2.45, 2.75) is 32.7 Å². The summed E-state index contributed by atoms with van der Waals surface area (Å²) < 4.78 is 16.9. The minimum Gasteiger partial charge on any atom is -0.493 e. The van der Waals surface area contributed by atoms with Crippen LogP contribution in [0, 0.1) is 19.8 Å². The molecule has 1 saturated heterocycles. The Morgan fingerprint density at radius 1 is 1.03 bits per heavy atom. The van der Waals surface area contributed by atoms with Crippen LogP contribution in [0.2, 0.25) is 0 Å². The van der Waals surface area contributed by atoms with Gasteiger partial charge in [-0.3, -0.25) is 9.69 Å². The minimum atomic E-state index is -0.738. The molecule has 162 valence electrons. The van der Waals surface area contributed by atoms with E-state index in [1.807, 2.05) is 12.1 Å². The molecule has 1 heterocycles. The van der Waals surface area contributed by atoms with E-state index in [1.165, 1.54) is 11.1 Å². The molecule has 0 amide bonds. The third-order valence-electron chi connectivity index (χ3n) is 5.76. The molecule has 1 N–H and O–H groups in total. The summed E-state index contributed by atoms with van der Waals surface area (Å²) in [6.45, 7) is 5.47. The zero-order valence-electron chi connectivity index (χ0n) is 18.4. The average Bonchev–Trinajstić information content (AvgIpc) is 2.72. The van der Waals surface area contributed by atoms with Crippen molar-refractivity contribution in [2.24, 2.45) is 5.92 Å². The molecule has 0 aromatic heterocycles. The van der Waals surface area contributed by atoms with E-state index in [2.05, 4.69) is 36.9 Å². The van der Waals surface area contributed by atoms with Gasteiger partial charge in [0.05, 0.1) is 33.3 Å². The highest BCUT2D eigenvalue weighted by atomic mass is 16.5. The summed E-state index contributed by atoms with van der Waals surface area (Å²) in [4.78, 5) is 14.0. The Hall–Kier alpha value is -2.73. The average molecular weight is 414 g/mol. The number of methoxy groups -OCH3 is 3. The first-order valence-corrected chi connectivity index (χ1v) is 10.2. The molecule has 0 aliphatic carbocycles. The maximum atomic E-state index is 11.7. The van der Waals surface area contributed by atoms with E-state index < -0.39 is 5.97 Å². The van der Waals surface area contributed by atoms with E-state index in [0.29, 0.717) is 30.2 Å². The van der Waals surface area contributed by atoms with Gasteiger partial charge < -0.3 is 19.3 Å². The Morgan fingerprint density at radius 2 is 1.70 bits per heavy atom. The number of aryl methyl sites for hydroxylation is 2. The van der Waals surface area contributed by atoms with Crippen LogP contribution in [0.15, 0.2) is 30.3 Å². The van der Waals surface area contributed by atoms with E-state index in [0.717, 1.165) is 24.1 Å². The molecule has 2 aromatic rings. The van der Waals surface area contributed by atoms with Crippen LogP contribution >= 0.6 is 0 Å². The second-order valence-electron chi connectivity index (χ2n) is 7.92. The molecule has 0 spiro atoms. The molecule has 0 bridgehead atoms. The monoisotopic (exact) mass is 413 g/mol. The lowest BCUT2D eigenvalue weighted by molar-refractivity contribution is -0.143. The third kappa shape index (κ3) is 4.38. The van der Waals surface area contributed by atoms with E-state index in [1.54, 1.807) is 21.3 Å². The molecule has 1 aliphatic heterocycles. The lowest BCUT2D eigenvalue weighted by atomic mass is 9.89. The first-order chi connectivity index (χ1) is 14.4. The van der Waals surface area contributed by atoms with Crippen molar-refractivity contribution < 1.29 is 24.1 Å². The number of carbonyl (C=O) groups is 1. The fourth-order valence-electron chi connectivity index (χ4n) is 4.54. The number of carboxylic acid groups (broad SMARTS) is 1. The van der Waals surface area contributed by atoms with Gasteiger partial charge in [-0.05, 0) is 50.9 Å². The Labute approximate surface area is 178 Å². The van der Waals surface area contributed by atoms with Gasteiger partial charge in [0.25, 0.3) is 0 Å².